The molecule has 3 aliphatic rings. The maximum Gasteiger partial charge on any atom is 0.417 e. The molecule has 1 aliphatic heterocycles. The molecule has 7 nitrogen and oxygen atoms in total. The molecule has 11 heteroatoms. The van der Waals surface area contributed by atoms with Crippen molar-refractivity contribution in [1.82, 2.24) is 24.9 Å². The van der Waals surface area contributed by atoms with Gasteiger partial charge in [-0.1, -0.05) is 23.7 Å². The molecule has 1 aromatic carbocycles. The lowest BCUT2D eigenvalue weighted by Gasteiger charge is -2.47. The number of ether oxygens (including phenoxy) is 1. The van der Waals surface area contributed by atoms with Crippen LogP contribution in [-0.4, -0.2) is 49.5 Å². The van der Waals surface area contributed by atoms with E-state index in [0.717, 1.165) is 12.5 Å². The van der Waals surface area contributed by atoms with Gasteiger partial charge < -0.3 is 9.64 Å². The van der Waals surface area contributed by atoms with Crippen molar-refractivity contribution < 1.29 is 22.7 Å². The number of rotatable bonds is 4. The molecule has 1 spiro atoms. The maximum absolute atomic E-state index is 13.6. The molecule has 4 atom stereocenters. The average molecular weight is 476 g/mol. The number of carbonyl (C=O) groups is 1. The van der Waals surface area contributed by atoms with Crippen molar-refractivity contribution in [3.8, 4) is 11.6 Å². The normalized spacial score (nSPS) is 27.5. The first kappa shape index (κ1) is 20.5. The molecular formula is C22H17ClF3N5O2. The van der Waals surface area contributed by atoms with E-state index in [0.29, 0.717) is 36.3 Å². The van der Waals surface area contributed by atoms with Crippen LogP contribution >= 0.6 is 11.6 Å². The number of amides is 1. The molecule has 3 fully saturated rings. The van der Waals surface area contributed by atoms with Crippen molar-refractivity contribution >= 4 is 17.5 Å². The number of aromatic nitrogens is 4. The summed E-state index contributed by atoms with van der Waals surface area (Å²) in [7, 11) is 0. The van der Waals surface area contributed by atoms with Crippen molar-refractivity contribution in [1.29, 1.82) is 0 Å². The first-order valence-corrected chi connectivity index (χ1v) is 10.8. The topological polar surface area (TPSA) is 73.1 Å². The Morgan fingerprint density at radius 2 is 1.94 bits per heavy atom. The zero-order chi connectivity index (χ0) is 23.0. The number of carbonyl (C=O) groups excluding carboxylic acids is 1. The zero-order valence-corrected chi connectivity index (χ0v) is 17.8. The van der Waals surface area contributed by atoms with Crippen LogP contribution in [0.25, 0.3) is 5.69 Å². The first-order valence-electron chi connectivity index (χ1n) is 10.4. The summed E-state index contributed by atoms with van der Waals surface area (Å²) in [4.78, 5) is 20.6. The highest BCUT2D eigenvalue weighted by atomic mass is 35.5. The van der Waals surface area contributed by atoms with Crippen molar-refractivity contribution in [3.05, 3.63) is 65.1 Å². The Morgan fingerprint density at radius 1 is 1.18 bits per heavy atom. The van der Waals surface area contributed by atoms with E-state index in [1.165, 1.54) is 17.2 Å². The van der Waals surface area contributed by atoms with Gasteiger partial charge in [0.2, 0.25) is 5.88 Å². The fraction of sp³-hybridized carbons (Fsp3) is 0.364. The summed E-state index contributed by atoms with van der Waals surface area (Å²) in [6.07, 6.45) is 0.586. The molecular weight excluding hydrogens is 459 g/mol. The molecule has 170 valence electrons. The highest BCUT2D eigenvalue weighted by Crippen LogP contribution is 2.71. The second kappa shape index (κ2) is 6.93. The highest BCUT2D eigenvalue weighted by molar-refractivity contribution is 6.31. The number of likely N-dealkylation sites (tertiary alicyclic amines) is 1. The molecule has 0 radical (unpaired) electrons. The summed E-state index contributed by atoms with van der Waals surface area (Å²) in [5.41, 5.74) is 0.124. The Kier molecular flexibility index (Phi) is 4.30. The minimum absolute atomic E-state index is 0.0115. The summed E-state index contributed by atoms with van der Waals surface area (Å²) in [6.45, 7) is 0.610. The standard InChI is InChI=1S/C22H17ClF3N5O2/c23-15-7-12(22(24,25)26)10-27-19(15)33-17-9-21-8-13(21)11-30(18(17)21)20(32)14-3-1-2-4-16(14)31-28-5-6-29-31/h1-7,10,13,17-18H,8-9,11H2. The van der Waals surface area contributed by atoms with Crippen LogP contribution in [0.1, 0.15) is 28.8 Å². The zero-order valence-electron chi connectivity index (χ0n) is 17.0. The number of nitrogens with zero attached hydrogens (tertiary/aromatic N) is 5. The molecule has 1 saturated heterocycles. The van der Waals surface area contributed by atoms with E-state index in [1.54, 1.807) is 18.2 Å². The van der Waals surface area contributed by atoms with Crippen molar-refractivity contribution in [3.63, 3.8) is 0 Å². The van der Waals surface area contributed by atoms with Crippen molar-refractivity contribution in [2.24, 2.45) is 11.3 Å². The first-order chi connectivity index (χ1) is 15.8. The Morgan fingerprint density at radius 3 is 2.67 bits per heavy atom. The minimum Gasteiger partial charge on any atom is -0.471 e. The lowest BCUT2D eigenvalue weighted by Crippen LogP contribution is -2.59. The quantitative estimate of drug-likeness (QED) is 0.570. The fourth-order valence-corrected chi connectivity index (χ4v) is 5.60. The van der Waals surface area contributed by atoms with Gasteiger partial charge in [-0.25, -0.2) is 4.98 Å². The van der Waals surface area contributed by atoms with Crippen LogP contribution < -0.4 is 4.74 Å². The smallest absolute Gasteiger partial charge is 0.417 e. The second-order valence-corrected chi connectivity index (χ2v) is 9.15. The van der Waals surface area contributed by atoms with Gasteiger partial charge in [0.1, 0.15) is 11.1 Å². The minimum atomic E-state index is -4.54. The third-order valence-electron chi connectivity index (χ3n) is 6.98. The third kappa shape index (κ3) is 3.11. The highest BCUT2D eigenvalue weighted by Gasteiger charge is 2.76. The van der Waals surface area contributed by atoms with Crippen LogP contribution in [0.5, 0.6) is 5.88 Å². The summed E-state index contributed by atoms with van der Waals surface area (Å²) in [5.74, 6) is 0.193. The van der Waals surface area contributed by atoms with E-state index in [-0.39, 0.29) is 28.3 Å². The van der Waals surface area contributed by atoms with Gasteiger partial charge in [0.05, 0.1) is 35.2 Å². The number of alkyl halides is 3. The number of hydrogen-bond donors (Lipinski definition) is 0. The fourth-order valence-electron chi connectivity index (χ4n) is 5.39. The van der Waals surface area contributed by atoms with Gasteiger partial charge in [0, 0.05) is 18.2 Å². The van der Waals surface area contributed by atoms with E-state index in [9.17, 15) is 18.0 Å². The number of pyridine rings is 1. The van der Waals surface area contributed by atoms with Crippen LogP contribution in [0.2, 0.25) is 5.02 Å². The van der Waals surface area contributed by atoms with Crippen molar-refractivity contribution in [2.75, 3.05) is 6.54 Å². The summed E-state index contributed by atoms with van der Waals surface area (Å²) in [5, 5.41) is 8.07. The molecule has 2 saturated carbocycles. The Hall–Kier alpha value is -3.14. The molecule has 0 N–H and O–H groups in total. The predicted octanol–water partition coefficient (Wildman–Crippen LogP) is 4.02. The van der Waals surface area contributed by atoms with Crippen LogP contribution in [0.4, 0.5) is 13.2 Å². The van der Waals surface area contributed by atoms with Gasteiger partial charge in [-0.05, 0) is 37.0 Å². The monoisotopic (exact) mass is 475 g/mol. The molecule has 2 aromatic heterocycles. The number of piperidine rings is 1. The Bertz CT molecular complexity index is 1250. The summed E-state index contributed by atoms with van der Waals surface area (Å²) < 4.78 is 44.7. The molecule has 2 aliphatic carbocycles. The van der Waals surface area contributed by atoms with E-state index < -0.39 is 17.8 Å². The third-order valence-corrected chi connectivity index (χ3v) is 7.25. The van der Waals surface area contributed by atoms with Crippen LogP contribution in [0.3, 0.4) is 0 Å². The molecule has 3 aromatic rings. The Balaban J connectivity index is 1.26. The number of halogens is 4. The van der Waals surface area contributed by atoms with Gasteiger partial charge >= 0.3 is 6.18 Å². The average Bonchev–Trinajstić information content (AvgIpc) is 3.14. The van der Waals surface area contributed by atoms with Gasteiger partial charge in [0.15, 0.2) is 0 Å². The SMILES string of the molecule is O=C(c1ccccc1-n1nccn1)N1CC2CC23CC(Oc2ncc(C(F)(F)F)cc2Cl)C13. The van der Waals surface area contributed by atoms with Gasteiger partial charge in [0.25, 0.3) is 5.91 Å². The molecule has 4 unspecified atom stereocenters. The van der Waals surface area contributed by atoms with Gasteiger partial charge in [-0.15, -0.1) is 0 Å². The van der Waals surface area contributed by atoms with Crippen molar-refractivity contribution in [2.45, 2.75) is 31.2 Å². The number of para-hydroxylation sites is 1. The van der Waals surface area contributed by atoms with E-state index in [1.807, 2.05) is 11.0 Å². The van der Waals surface area contributed by atoms with E-state index in [4.69, 9.17) is 16.3 Å². The summed E-state index contributed by atoms with van der Waals surface area (Å²) >= 11 is 6.04. The molecule has 3 heterocycles. The maximum atomic E-state index is 13.6. The lowest BCUT2D eigenvalue weighted by molar-refractivity contribution is -0.137. The molecule has 1 amide bonds. The van der Waals surface area contributed by atoms with Gasteiger partial charge in [-0.2, -0.15) is 28.2 Å². The van der Waals surface area contributed by atoms with Gasteiger partial charge in [-0.3, -0.25) is 4.79 Å². The Labute approximate surface area is 191 Å². The molecule has 6 rings (SSSR count). The summed E-state index contributed by atoms with van der Waals surface area (Å²) in [6, 6.07) is 7.73. The van der Waals surface area contributed by atoms with E-state index in [2.05, 4.69) is 15.2 Å². The number of hydrogen-bond acceptors (Lipinski definition) is 5. The second-order valence-electron chi connectivity index (χ2n) is 8.74. The number of benzene rings is 1. The lowest BCUT2D eigenvalue weighted by atomic mass is 9.73. The van der Waals surface area contributed by atoms with Crippen LogP contribution in [-0.2, 0) is 6.18 Å². The van der Waals surface area contributed by atoms with Crippen LogP contribution in [0, 0.1) is 11.3 Å². The largest absolute Gasteiger partial charge is 0.471 e. The molecule has 0 bridgehead atoms. The molecule has 33 heavy (non-hydrogen) atoms. The van der Waals surface area contributed by atoms with Crippen LogP contribution in [0.15, 0.2) is 48.9 Å². The van der Waals surface area contributed by atoms with E-state index >= 15 is 0 Å². The predicted molar refractivity (Wildman–Crippen MR) is 110 cm³/mol.